The van der Waals surface area contributed by atoms with Crippen LogP contribution in [0.4, 0.5) is 5.69 Å². The Balaban J connectivity index is 1.92. The Morgan fingerprint density at radius 3 is 2.81 bits per heavy atom. The highest BCUT2D eigenvalue weighted by atomic mass is 16.5. The third-order valence-corrected chi connectivity index (χ3v) is 4.53. The lowest BCUT2D eigenvalue weighted by Crippen LogP contribution is -2.15. The molecule has 1 amide bonds. The summed E-state index contributed by atoms with van der Waals surface area (Å²) in [5, 5.41) is 5.07. The van der Waals surface area contributed by atoms with Crippen molar-refractivity contribution in [2.45, 2.75) is 13.8 Å². The van der Waals surface area contributed by atoms with Gasteiger partial charge in [0, 0.05) is 28.9 Å². The van der Waals surface area contributed by atoms with Crippen molar-refractivity contribution in [3.05, 3.63) is 59.7 Å². The molecule has 0 atom stereocenters. The number of anilines is 1. The summed E-state index contributed by atoms with van der Waals surface area (Å²) in [5.74, 6) is 0.407. The summed E-state index contributed by atoms with van der Waals surface area (Å²) in [6.45, 7) is 3.77. The zero-order valence-corrected chi connectivity index (χ0v) is 14.8. The predicted molar refractivity (Wildman–Crippen MR) is 102 cm³/mol. The number of ether oxygens (including phenoxy) is 1. The van der Waals surface area contributed by atoms with E-state index in [1.54, 1.807) is 37.8 Å². The first kappa shape index (κ1) is 16.1. The van der Waals surface area contributed by atoms with Crippen LogP contribution in [0, 0.1) is 13.8 Å². The van der Waals surface area contributed by atoms with E-state index in [0.29, 0.717) is 22.7 Å². The van der Waals surface area contributed by atoms with E-state index in [4.69, 9.17) is 4.74 Å². The van der Waals surface area contributed by atoms with Crippen molar-refractivity contribution in [1.82, 2.24) is 15.0 Å². The number of methoxy groups -OCH3 is 1. The van der Waals surface area contributed by atoms with Crippen molar-refractivity contribution in [3.8, 4) is 5.75 Å². The number of carbonyl (C=O) groups is 1. The molecule has 4 rings (SSSR count). The number of nitrogens with one attached hydrogen (secondary N) is 2. The number of carbonyl (C=O) groups excluding carboxylic acids is 1. The van der Waals surface area contributed by atoms with Gasteiger partial charge in [0.2, 0.25) is 0 Å². The van der Waals surface area contributed by atoms with Gasteiger partial charge in [0.25, 0.3) is 5.91 Å². The molecule has 0 fully saturated rings. The maximum absolute atomic E-state index is 12.8. The lowest BCUT2D eigenvalue weighted by molar-refractivity contribution is 0.102. The molecule has 3 aromatic heterocycles. The van der Waals surface area contributed by atoms with Crippen molar-refractivity contribution in [1.29, 1.82) is 0 Å². The number of pyridine rings is 2. The fourth-order valence-electron chi connectivity index (χ4n) is 3.29. The second-order valence-electron chi connectivity index (χ2n) is 6.16. The fraction of sp³-hybridized carbons (Fsp3) is 0.150. The normalized spacial score (nSPS) is 11.0. The van der Waals surface area contributed by atoms with E-state index in [9.17, 15) is 4.79 Å². The van der Waals surface area contributed by atoms with Gasteiger partial charge in [-0.05, 0) is 43.7 Å². The first-order valence-electron chi connectivity index (χ1n) is 8.26. The number of hydrogen-bond donors (Lipinski definition) is 2. The van der Waals surface area contributed by atoms with E-state index in [1.165, 1.54) is 0 Å². The minimum Gasteiger partial charge on any atom is -0.494 e. The van der Waals surface area contributed by atoms with Gasteiger partial charge in [0.15, 0.2) is 0 Å². The molecule has 2 N–H and O–H groups in total. The van der Waals surface area contributed by atoms with Crippen molar-refractivity contribution in [2.24, 2.45) is 0 Å². The van der Waals surface area contributed by atoms with E-state index in [0.717, 1.165) is 27.4 Å². The van der Waals surface area contributed by atoms with Crippen LogP contribution in [-0.4, -0.2) is 28.0 Å². The maximum Gasteiger partial charge on any atom is 0.257 e. The summed E-state index contributed by atoms with van der Waals surface area (Å²) in [4.78, 5) is 24.5. The molecule has 0 bridgehead atoms. The molecule has 0 aliphatic carbocycles. The third-order valence-electron chi connectivity index (χ3n) is 4.53. The van der Waals surface area contributed by atoms with E-state index in [-0.39, 0.29) is 5.91 Å². The molecule has 0 spiro atoms. The number of aromatic amines is 1. The summed E-state index contributed by atoms with van der Waals surface area (Å²) >= 11 is 0. The van der Waals surface area contributed by atoms with Gasteiger partial charge in [-0.1, -0.05) is 0 Å². The molecule has 6 nitrogen and oxygen atoms in total. The Morgan fingerprint density at radius 1 is 1.19 bits per heavy atom. The number of aryl methyl sites for hydroxylation is 2. The summed E-state index contributed by atoms with van der Waals surface area (Å²) in [5.41, 5.74) is 4.48. The van der Waals surface area contributed by atoms with Crippen LogP contribution < -0.4 is 10.1 Å². The Kier molecular flexibility index (Phi) is 3.80. The Morgan fingerprint density at radius 2 is 2.04 bits per heavy atom. The van der Waals surface area contributed by atoms with E-state index in [2.05, 4.69) is 26.3 Å². The third kappa shape index (κ3) is 2.47. The molecule has 0 radical (unpaired) electrons. The summed E-state index contributed by atoms with van der Waals surface area (Å²) in [6, 6.07) is 7.51. The maximum atomic E-state index is 12.8. The topological polar surface area (TPSA) is 79.9 Å². The molecular weight excluding hydrogens is 328 g/mol. The summed E-state index contributed by atoms with van der Waals surface area (Å²) in [6.07, 6.45) is 5.20. The number of H-pyrrole nitrogens is 1. The van der Waals surface area contributed by atoms with E-state index in [1.807, 2.05) is 19.9 Å². The molecule has 0 saturated heterocycles. The number of rotatable bonds is 3. The lowest BCUT2D eigenvalue weighted by atomic mass is 10.1. The van der Waals surface area contributed by atoms with Crippen LogP contribution >= 0.6 is 0 Å². The largest absolute Gasteiger partial charge is 0.494 e. The minimum atomic E-state index is -0.224. The Hall–Kier alpha value is -3.41. The molecule has 0 aliphatic heterocycles. The molecule has 4 aromatic rings. The molecule has 26 heavy (non-hydrogen) atoms. The van der Waals surface area contributed by atoms with Gasteiger partial charge >= 0.3 is 0 Å². The van der Waals surface area contributed by atoms with Crippen molar-refractivity contribution < 1.29 is 9.53 Å². The van der Waals surface area contributed by atoms with Crippen molar-refractivity contribution in [2.75, 3.05) is 12.4 Å². The summed E-state index contributed by atoms with van der Waals surface area (Å²) < 4.78 is 5.58. The van der Waals surface area contributed by atoms with Gasteiger partial charge in [-0.3, -0.25) is 14.8 Å². The van der Waals surface area contributed by atoms with Gasteiger partial charge in [-0.25, -0.2) is 0 Å². The van der Waals surface area contributed by atoms with Crippen LogP contribution in [0.3, 0.4) is 0 Å². The molecule has 130 valence electrons. The molecule has 0 unspecified atom stereocenters. The lowest BCUT2D eigenvalue weighted by Gasteiger charge is -2.14. The fourth-order valence-corrected chi connectivity index (χ4v) is 3.29. The van der Waals surface area contributed by atoms with Gasteiger partial charge in [0.1, 0.15) is 11.4 Å². The molecule has 6 heteroatoms. The van der Waals surface area contributed by atoms with Crippen LogP contribution in [0.15, 0.2) is 42.9 Å². The SMILES string of the molecule is COc1c(C)cc2c([nH]c3cnccc32)c1NC(=O)c1cccnc1C. The first-order valence-corrected chi connectivity index (χ1v) is 8.26. The molecule has 1 aromatic carbocycles. The predicted octanol–water partition coefficient (Wildman–Crippen LogP) is 3.99. The Bertz CT molecular complexity index is 1150. The highest BCUT2D eigenvalue weighted by Crippen LogP contribution is 2.39. The highest BCUT2D eigenvalue weighted by molar-refractivity contribution is 6.16. The van der Waals surface area contributed by atoms with Gasteiger partial charge in [0.05, 0.1) is 29.9 Å². The standard InChI is InChI=1S/C20H18N4O2/c1-11-9-15-14-6-8-21-10-16(14)23-17(15)18(19(11)26-3)24-20(25)13-5-4-7-22-12(13)2/h4-10,23H,1-3H3,(H,24,25). The van der Waals surface area contributed by atoms with Crippen molar-refractivity contribution in [3.63, 3.8) is 0 Å². The van der Waals surface area contributed by atoms with E-state index < -0.39 is 0 Å². The number of aromatic nitrogens is 3. The number of amides is 1. The second kappa shape index (κ2) is 6.15. The number of fused-ring (bicyclic) bond motifs is 3. The second-order valence-corrected chi connectivity index (χ2v) is 6.16. The summed E-state index contributed by atoms with van der Waals surface area (Å²) in [7, 11) is 1.60. The molecule has 0 saturated carbocycles. The number of benzene rings is 1. The molecular formula is C20H18N4O2. The van der Waals surface area contributed by atoms with Crippen LogP contribution in [0.25, 0.3) is 21.8 Å². The zero-order chi connectivity index (χ0) is 18.3. The van der Waals surface area contributed by atoms with E-state index >= 15 is 0 Å². The smallest absolute Gasteiger partial charge is 0.257 e. The van der Waals surface area contributed by atoms with Crippen LogP contribution in [-0.2, 0) is 0 Å². The number of hydrogen-bond acceptors (Lipinski definition) is 4. The highest BCUT2D eigenvalue weighted by Gasteiger charge is 2.19. The van der Waals surface area contributed by atoms with Gasteiger partial charge in [-0.2, -0.15) is 0 Å². The van der Waals surface area contributed by atoms with Crippen molar-refractivity contribution >= 4 is 33.4 Å². The average molecular weight is 346 g/mol. The monoisotopic (exact) mass is 346 g/mol. The number of nitrogens with zero attached hydrogens (tertiary/aromatic N) is 2. The first-order chi connectivity index (χ1) is 12.6. The zero-order valence-electron chi connectivity index (χ0n) is 14.8. The minimum absolute atomic E-state index is 0.224. The van der Waals surface area contributed by atoms with Gasteiger partial charge in [-0.15, -0.1) is 0 Å². The van der Waals surface area contributed by atoms with Crippen LogP contribution in [0.1, 0.15) is 21.6 Å². The Labute approximate surface area is 150 Å². The van der Waals surface area contributed by atoms with Gasteiger partial charge < -0.3 is 15.0 Å². The van der Waals surface area contributed by atoms with Crippen LogP contribution in [0.2, 0.25) is 0 Å². The molecule has 3 heterocycles. The molecule has 0 aliphatic rings. The average Bonchev–Trinajstić information content (AvgIpc) is 3.01. The quantitative estimate of drug-likeness (QED) is 0.588. The van der Waals surface area contributed by atoms with Crippen LogP contribution in [0.5, 0.6) is 5.75 Å².